The lowest BCUT2D eigenvalue weighted by Gasteiger charge is -2.30. The van der Waals surface area contributed by atoms with Gasteiger partial charge in [-0.2, -0.15) is 0 Å². The van der Waals surface area contributed by atoms with Crippen LogP contribution in [0.4, 0.5) is 0 Å². The van der Waals surface area contributed by atoms with Crippen molar-refractivity contribution in [3.8, 4) is 11.4 Å². The van der Waals surface area contributed by atoms with Gasteiger partial charge in [0.05, 0.1) is 17.0 Å². The molecule has 3 fully saturated rings. The minimum atomic E-state index is -0.0963. The second-order valence-electron chi connectivity index (χ2n) is 12.3. The molecule has 41 heavy (non-hydrogen) atoms. The monoisotopic (exact) mass is 561 g/mol. The van der Waals surface area contributed by atoms with Crippen LogP contribution in [0.1, 0.15) is 68.9 Å². The zero-order chi connectivity index (χ0) is 28.2. The molecule has 2 aliphatic heterocycles. The Morgan fingerprint density at radius 3 is 2.51 bits per heavy atom. The average Bonchev–Trinajstić information content (AvgIpc) is 3.63. The van der Waals surface area contributed by atoms with E-state index in [1.807, 2.05) is 13.0 Å². The van der Waals surface area contributed by atoms with Crippen molar-refractivity contribution in [1.29, 1.82) is 0 Å². The molecule has 3 aliphatic rings. The zero-order valence-corrected chi connectivity index (χ0v) is 24.2. The van der Waals surface area contributed by atoms with Crippen LogP contribution in [0, 0.1) is 24.7 Å². The molecule has 0 unspecified atom stereocenters. The Morgan fingerprint density at radius 1 is 1.05 bits per heavy atom. The lowest BCUT2D eigenvalue weighted by Crippen LogP contribution is -2.32. The minimum absolute atomic E-state index is 0.0126. The van der Waals surface area contributed by atoms with Crippen LogP contribution in [0.3, 0.4) is 0 Å². The summed E-state index contributed by atoms with van der Waals surface area (Å²) < 4.78 is 19.5. The number of imidazole rings is 1. The van der Waals surface area contributed by atoms with Gasteiger partial charge in [0, 0.05) is 50.3 Å². The first-order valence-corrected chi connectivity index (χ1v) is 15.6. The van der Waals surface area contributed by atoms with E-state index in [0.29, 0.717) is 17.4 Å². The third-order valence-corrected chi connectivity index (χ3v) is 9.41. The number of aromatic amines is 1. The number of ether oxygens (including phenoxy) is 3. The van der Waals surface area contributed by atoms with Crippen molar-refractivity contribution in [2.75, 3.05) is 26.4 Å². The van der Waals surface area contributed by atoms with Crippen molar-refractivity contribution in [2.24, 2.45) is 17.8 Å². The predicted molar refractivity (Wildman–Crippen MR) is 158 cm³/mol. The van der Waals surface area contributed by atoms with Crippen molar-refractivity contribution < 1.29 is 19.0 Å². The van der Waals surface area contributed by atoms with E-state index >= 15 is 0 Å². The first-order chi connectivity index (χ1) is 20.0. The molecule has 1 aliphatic carbocycles. The molecule has 1 saturated carbocycles. The van der Waals surface area contributed by atoms with E-state index in [4.69, 9.17) is 19.2 Å². The number of aromatic nitrogens is 3. The molecule has 0 amide bonds. The highest BCUT2D eigenvalue weighted by molar-refractivity contribution is 5.81. The number of rotatable bonds is 9. The molecule has 0 spiro atoms. The smallest absolute Gasteiger partial charge is 0.309 e. The number of aryl methyl sites for hydroxylation is 2. The highest BCUT2D eigenvalue weighted by Gasteiger charge is 2.33. The second-order valence-corrected chi connectivity index (χ2v) is 12.3. The molecule has 220 valence electrons. The molecule has 3 aromatic rings. The fraction of sp³-hybridized carbons (Fsp3) is 0.606. The highest BCUT2D eigenvalue weighted by Crippen LogP contribution is 2.33. The van der Waals surface area contributed by atoms with Gasteiger partial charge in [-0.3, -0.25) is 9.59 Å². The Morgan fingerprint density at radius 2 is 1.78 bits per heavy atom. The average molecular weight is 562 g/mol. The molecule has 6 rings (SSSR count). The van der Waals surface area contributed by atoms with E-state index in [9.17, 15) is 9.59 Å². The van der Waals surface area contributed by atoms with Crippen molar-refractivity contribution in [2.45, 2.75) is 83.8 Å². The zero-order valence-electron chi connectivity index (χ0n) is 24.2. The van der Waals surface area contributed by atoms with Crippen molar-refractivity contribution >= 4 is 17.0 Å². The third kappa shape index (κ3) is 6.59. The fourth-order valence-corrected chi connectivity index (χ4v) is 6.89. The number of pyridine rings is 1. The largest absolute Gasteiger partial charge is 0.462 e. The van der Waals surface area contributed by atoms with Gasteiger partial charge in [-0.15, -0.1) is 0 Å². The number of hydrogen-bond donors (Lipinski definition) is 1. The molecular weight excluding hydrogens is 518 g/mol. The van der Waals surface area contributed by atoms with Gasteiger partial charge in [-0.1, -0.05) is 6.07 Å². The standard InChI is InChI=1S/C33H43N3O5/c1-22-18-26(20-34-32(22)37)31-35-29-19-23(7-9-30(29)36(31)21-24-10-14-39-15-11-24)6-8-28(25-12-16-40-17-13-25)33(38)41-27-4-2-3-5-27/h7,9,18-20,24-25,27-28H,2-6,8,10-17,21H2,1H3,(H,34,37)/t28-/m0/s1. The summed E-state index contributed by atoms with van der Waals surface area (Å²) in [7, 11) is 0. The van der Waals surface area contributed by atoms with Gasteiger partial charge in [0.15, 0.2) is 0 Å². The molecule has 8 nitrogen and oxygen atoms in total. The second kappa shape index (κ2) is 12.9. The Balaban J connectivity index is 1.25. The number of nitrogens with one attached hydrogen (secondary N) is 1. The summed E-state index contributed by atoms with van der Waals surface area (Å²) in [6, 6.07) is 8.48. The van der Waals surface area contributed by atoms with Gasteiger partial charge in [0.1, 0.15) is 11.9 Å². The predicted octanol–water partition coefficient (Wildman–Crippen LogP) is 5.59. The van der Waals surface area contributed by atoms with Crippen LogP contribution < -0.4 is 5.56 Å². The molecular formula is C33H43N3O5. The lowest BCUT2D eigenvalue weighted by atomic mass is 9.82. The summed E-state index contributed by atoms with van der Waals surface area (Å²) in [5.41, 5.74) is 4.75. The summed E-state index contributed by atoms with van der Waals surface area (Å²) >= 11 is 0. The maximum atomic E-state index is 13.4. The lowest BCUT2D eigenvalue weighted by molar-refractivity contribution is -0.157. The maximum Gasteiger partial charge on any atom is 0.309 e. The first kappa shape index (κ1) is 28.2. The van der Waals surface area contributed by atoms with Gasteiger partial charge in [0.25, 0.3) is 5.56 Å². The minimum Gasteiger partial charge on any atom is -0.462 e. The normalized spacial score (nSPS) is 20.0. The van der Waals surface area contributed by atoms with Gasteiger partial charge < -0.3 is 23.8 Å². The van der Waals surface area contributed by atoms with E-state index in [1.165, 1.54) is 5.56 Å². The van der Waals surface area contributed by atoms with Crippen LogP contribution in [-0.4, -0.2) is 53.0 Å². The number of carbonyl (C=O) groups is 1. The molecule has 1 N–H and O–H groups in total. The van der Waals surface area contributed by atoms with Gasteiger partial charge >= 0.3 is 5.97 Å². The van der Waals surface area contributed by atoms with Crippen LogP contribution in [0.15, 0.2) is 35.3 Å². The van der Waals surface area contributed by atoms with E-state index in [1.54, 1.807) is 6.20 Å². The molecule has 2 saturated heterocycles. The molecule has 1 aromatic carbocycles. The molecule has 1 atom stereocenters. The number of benzene rings is 1. The number of carbonyl (C=O) groups excluding carboxylic acids is 1. The summed E-state index contributed by atoms with van der Waals surface area (Å²) in [6.07, 6.45) is 11.6. The van der Waals surface area contributed by atoms with Crippen LogP contribution in [0.5, 0.6) is 0 Å². The Kier molecular flexibility index (Phi) is 8.87. The molecule has 0 radical (unpaired) electrons. The highest BCUT2D eigenvalue weighted by atomic mass is 16.5. The Labute approximate surface area is 241 Å². The van der Waals surface area contributed by atoms with Gasteiger partial charge in [-0.05, 0) is 107 Å². The third-order valence-electron chi connectivity index (χ3n) is 9.41. The topological polar surface area (TPSA) is 95.4 Å². The molecule has 8 heteroatoms. The van der Waals surface area contributed by atoms with E-state index < -0.39 is 0 Å². The van der Waals surface area contributed by atoms with Crippen LogP contribution >= 0.6 is 0 Å². The van der Waals surface area contributed by atoms with Gasteiger partial charge in [-0.25, -0.2) is 4.98 Å². The van der Waals surface area contributed by atoms with Crippen molar-refractivity contribution in [3.63, 3.8) is 0 Å². The fourth-order valence-electron chi connectivity index (χ4n) is 6.89. The number of hydrogen-bond acceptors (Lipinski definition) is 6. The number of H-pyrrole nitrogens is 1. The number of esters is 1. The number of fused-ring (bicyclic) bond motifs is 1. The van der Waals surface area contributed by atoms with Crippen molar-refractivity contribution in [3.05, 3.63) is 51.9 Å². The number of nitrogens with zero attached hydrogens (tertiary/aromatic N) is 2. The molecule has 4 heterocycles. The van der Waals surface area contributed by atoms with Crippen LogP contribution in [0.2, 0.25) is 0 Å². The Hall–Kier alpha value is -2.97. The van der Waals surface area contributed by atoms with E-state index in [-0.39, 0.29) is 23.6 Å². The summed E-state index contributed by atoms with van der Waals surface area (Å²) in [5.74, 6) is 1.61. The summed E-state index contributed by atoms with van der Waals surface area (Å²) in [6.45, 7) is 5.74. The quantitative estimate of drug-likeness (QED) is 0.342. The van der Waals surface area contributed by atoms with E-state index in [2.05, 4.69) is 27.8 Å². The SMILES string of the molecule is Cc1cc(-c2nc3cc(CC[C@H](C(=O)OC4CCCC4)C4CCOCC4)ccc3n2CC2CCOCC2)c[nH]c1=O. The first-order valence-electron chi connectivity index (χ1n) is 15.6. The van der Waals surface area contributed by atoms with Crippen LogP contribution in [-0.2, 0) is 32.0 Å². The molecule has 0 bridgehead atoms. The van der Waals surface area contributed by atoms with Gasteiger partial charge in [0.2, 0.25) is 0 Å². The summed E-state index contributed by atoms with van der Waals surface area (Å²) in [4.78, 5) is 33.4. The van der Waals surface area contributed by atoms with E-state index in [0.717, 1.165) is 120 Å². The molecule has 2 aromatic heterocycles. The van der Waals surface area contributed by atoms with Crippen molar-refractivity contribution in [1.82, 2.24) is 14.5 Å². The summed E-state index contributed by atoms with van der Waals surface area (Å²) in [5, 5.41) is 0. The Bertz CT molecular complexity index is 1390. The van der Waals surface area contributed by atoms with Crippen LogP contribution in [0.25, 0.3) is 22.4 Å². The maximum absolute atomic E-state index is 13.4.